The Balaban J connectivity index is 1.33. The van der Waals surface area contributed by atoms with Crippen molar-refractivity contribution in [3.63, 3.8) is 0 Å². The summed E-state index contributed by atoms with van der Waals surface area (Å²) in [5, 5.41) is 0. The molecule has 0 saturated carbocycles. The molecule has 1 amide bonds. The summed E-state index contributed by atoms with van der Waals surface area (Å²) < 4.78 is 57.3. The summed E-state index contributed by atoms with van der Waals surface area (Å²) in [6.45, 7) is 1.93. The highest BCUT2D eigenvalue weighted by Crippen LogP contribution is 2.49. The van der Waals surface area contributed by atoms with Gasteiger partial charge in [-0.3, -0.25) is 9.59 Å². The first-order valence-electron chi connectivity index (χ1n) is 17.8. The van der Waals surface area contributed by atoms with Gasteiger partial charge in [-0.2, -0.15) is 0 Å². The average Bonchev–Trinajstić information content (AvgIpc) is 3.18. The molecule has 55 heavy (non-hydrogen) atoms. The van der Waals surface area contributed by atoms with Crippen molar-refractivity contribution in [3.05, 3.63) is 161 Å². The van der Waals surface area contributed by atoms with Gasteiger partial charge in [0.05, 0.1) is 24.8 Å². The quantitative estimate of drug-likeness (QED) is 0.0663. The second-order valence-electron chi connectivity index (χ2n) is 13.2. The number of sulfonamides is 1. The highest BCUT2D eigenvalue weighted by molar-refractivity contribution is 7.88. The number of esters is 1. The largest absolute Gasteiger partial charge is 0.489 e. The number of β-lactam (4-membered cyclic amide) rings is 1. The molecule has 0 aromatic heterocycles. The molecule has 3 atom stereocenters. The van der Waals surface area contributed by atoms with Crippen LogP contribution in [0.15, 0.2) is 127 Å². The molecule has 11 heteroatoms. The van der Waals surface area contributed by atoms with Crippen molar-refractivity contribution in [1.29, 1.82) is 0 Å². The molecule has 1 heterocycles. The van der Waals surface area contributed by atoms with E-state index in [9.17, 15) is 22.4 Å². The Labute approximate surface area is 321 Å². The number of carbonyl (C=O) groups is 2. The minimum atomic E-state index is -3.37. The number of nitrogens with one attached hydrogen (secondary N) is 1. The Kier molecular flexibility index (Phi) is 12.6. The second-order valence-corrected chi connectivity index (χ2v) is 15.0. The van der Waals surface area contributed by atoms with E-state index in [1.54, 1.807) is 41.3 Å². The van der Waals surface area contributed by atoms with Gasteiger partial charge < -0.3 is 19.1 Å². The first kappa shape index (κ1) is 38.8. The van der Waals surface area contributed by atoms with E-state index in [0.717, 1.165) is 22.9 Å². The second kappa shape index (κ2) is 17.9. The number of rotatable bonds is 15. The Morgan fingerprint density at radius 2 is 1.49 bits per heavy atom. The number of hydrogen-bond donors (Lipinski definition) is 1. The van der Waals surface area contributed by atoms with Gasteiger partial charge in [0.25, 0.3) is 0 Å². The lowest BCUT2D eigenvalue weighted by molar-refractivity contribution is -0.147. The highest BCUT2D eigenvalue weighted by Gasteiger charge is 2.49. The lowest BCUT2D eigenvalue weighted by Gasteiger charge is -2.48. The molecule has 2 unspecified atom stereocenters. The van der Waals surface area contributed by atoms with Crippen LogP contribution in [0.2, 0.25) is 0 Å². The zero-order valence-corrected chi connectivity index (χ0v) is 31.3. The van der Waals surface area contributed by atoms with E-state index < -0.39 is 39.9 Å². The fourth-order valence-corrected chi connectivity index (χ4v) is 6.78. The summed E-state index contributed by atoms with van der Waals surface area (Å²) in [6.07, 6.45) is 1.06. The summed E-state index contributed by atoms with van der Waals surface area (Å²) in [4.78, 5) is 28.0. The molecule has 6 rings (SSSR count). The van der Waals surface area contributed by atoms with Crippen molar-refractivity contribution >= 4 is 27.6 Å². The maximum absolute atomic E-state index is 14.2. The van der Waals surface area contributed by atoms with E-state index in [1.807, 2.05) is 78.9 Å². The van der Waals surface area contributed by atoms with Gasteiger partial charge in [-0.1, -0.05) is 84.6 Å². The lowest BCUT2D eigenvalue weighted by atomic mass is 9.77. The normalized spacial score (nSPS) is 15.6. The third kappa shape index (κ3) is 10.6. The molecule has 0 bridgehead atoms. The van der Waals surface area contributed by atoms with Gasteiger partial charge in [0.2, 0.25) is 15.9 Å². The SMILES string of the molecule is CC(=O)O[C@@H](CCC1C(=O)N(c2ccc(C#CCNS(C)(=O)=O)cc2)C1c1ccc(OCc2ccccc2)cc1OCc1ccccc1)c1ccc(F)cc1. The fraction of sp³-hybridized carbons (Fsp3) is 0.227. The smallest absolute Gasteiger partial charge is 0.303 e. The van der Waals surface area contributed by atoms with Crippen molar-refractivity contribution < 1.29 is 36.6 Å². The van der Waals surface area contributed by atoms with Gasteiger partial charge in [0, 0.05) is 29.8 Å². The lowest BCUT2D eigenvalue weighted by Crippen LogP contribution is -2.55. The molecular weight excluding hydrogens is 720 g/mol. The van der Waals surface area contributed by atoms with Crippen LogP contribution >= 0.6 is 0 Å². The summed E-state index contributed by atoms with van der Waals surface area (Å²) in [5.74, 6) is 5.36. The van der Waals surface area contributed by atoms with Crippen molar-refractivity contribution in [1.82, 2.24) is 4.72 Å². The zero-order valence-electron chi connectivity index (χ0n) is 30.5. The van der Waals surface area contributed by atoms with E-state index in [0.29, 0.717) is 47.8 Å². The van der Waals surface area contributed by atoms with E-state index in [-0.39, 0.29) is 19.1 Å². The summed E-state index contributed by atoms with van der Waals surface area (Å²) in [6, 6.07) is 37.8. The molecular formula is C44H41FN2O7S. The molecule has 0 aliphatic carbocycles. The van der Waals surface area contributed by atoms with Crippen LogP contribution in [0, 0.1) is 23.6 Å². The molecule has 1 aliphatic heterocycles. The molecule has 9 nitrogen and oxygen atoms in total. The van der Waals surface area contributed by atoms with Gasteiger partial charge in [-0.25, -0.2) is 17.5 Å². The molecule has 0 spiro atoms. The first-order chi connectivity index (χ1) is 26.5. The Hall–Kier alpha value is -5.96. The number of carbonyl (C=O) groups excluding carboxylic acids is 2. The summed E-state index contributed by atoms with van der Waals surface area (Å²) in [7, 11) is -3.37. The molecule has 1 saturated heterocycles. The van der Waals surface area contributed by atoms with Crippen molar-refractivity contribution in [2.45, 2.75) is 45.1 Å². The monoisotopic (exact) mass is 760 g/mol. The predicted octanol–water partition coefficient (Wildman–Crippen LogP) is 7.67. The van der Waals surface area contributed by atoms with E-state index in [2.05, 4.69) is 16.6 Å². The van der Waals surface area contributed by atoms with Crippen LogP contribution in [0.4, 0.5) is 10.1 Å². The summed E-state index contributed by atoms with van der Waals surface area (Å²) in [5.41, 5.74) is 4.67. The molecule has 5 aromatic rings. The Bertz CT molecular complexity index is 2260. The average molecular weight is 761 g/mol. The molecule has 282 valence electrons. The fourth-order valence-electron chi connectivity index (χ4n) is 6.44. The summed E-state index contributed by atoms with van der Waals surface area (Å²) >= 11 is 0. The predicted molar refractivity (Wildman–Crippen MR) is 208 cm³/mol. The van der Waals surface area contributed by atoms with Crippen LogP contribution in [0.3, 0.4) is 0 Å². The van der Waals surface area contributed by atoms with Gasteiger partial charge >= 0.3 is 5.97 Å². The minimum absolute atomic E-state index is 0.0297. The number of hydrogen-bond acceptors (Lipinski definition) is 7. The third-order valence-corrected chi connectivity index (χ3v) is 9.76. The van der Waals surface area contributed by atoms with Crippen LogP contribution in [0.5, 0.6) is 11.5 Å². The van der Waals surface area contributed by atoms with Crippen molar-refractivity contribution in [2.75, 3.05) is 17.7 Å². The molecule has 5 aromatic carbocycles. The van der Waals surface area contributed by atoms with Crippen LogP contribution in [-0.4, -0.2) is 33.1 Å². The molecule has 1 fully saturated rings. The highest BCUT2D eigenvalue weighted by atomic mass is 32.2. The van der Waals surface area contributed by atoms with Crippen molar-refractivity contribution in [2.24, 2.45) is 5.92 Å². The number of benzene rings is 5. The van der Waals surface area contributed by atoms with Gasteiger partial charge in [-0.15, -0.1) is 0 Å². The van der Waals surface area contributed by atoms with E-state index in [4.69, 9.17) is 14.2 Å². The molecule has 1 N–H and O–H groups in total. The third-order valence-electron chi connectivity index (χ3n) is 9.09. The maximum atomic E-state index is 14.2. The zero-order chi connectivity index (χ0) is 38.8. The number of ether oxygens (including phenoxy) is 3. The molecule has 0 radical (unpaired) electrons. The number of anilines is 1. The first-order valence-corrected chi connectivity index (χ1v) is 19.7. The van der Waals surface area contributed by atoms with Gasteiger partial charge in [0.15, 0.2) is 0 Å². The van der Waals surface area contributed by atoms with Crippen LogP contribution in [-0.2, 0) is 37.6 Å². The van der Waals surface area contributed by atoms with Gasteiger partial charge in [0.1, 0.15) is 36.6 Å². The van der Waals surface area contributed by atoms with Gasteiger partial charge in [-0.05, 0) is 78.1 Å². The standard InChI is InChI=1S/C44H41FN2O7S/c1-31(48)54-41(35-17-19-36(45)20-18-35)26-25-40-43(47(44(40)49)37-21-15-32(16-22-37)14-9-27-46-55(2,50)51)39-24-23-38(52-29-33-10-5-3-6-11-33)28-42(39)53-30-34-12-7-4-8-13-34/h3-8,10-13,15-24,28,40-41,43,46H,25-27,29-30H2,1-2H3/t40?,41-,43?/m0/s1. The topological polar surface area (TPSA) is 111 Å². The Morgan fingerprint density at radius 3 is 2.11 bits per heavy atom. The minimum Gasteiger partial charge on any atom is -0.489 e. The number of amides is 1. The Morgan fingerprint density at radius 1 is 0.855 bits per heavy atom. The van der Waals surface area contributed by atoms with Crippen molar-refractivity contribution in [3.8, 4) is 23.3 Å². The van der Waals surface area contributed by atoms with E-state index in [1.165, 1.54) is 19.1 Å². The number of halogens is 1. The molecule has 1 aliphatic rings. The van der Waals surface area contributed by atoms with Crippen LogP contribution < -0.4 is 19.1 Å². The maximum Gasteiger partial charge on any atom is 0.303 e. The van der Waals surface area contributed by atoms with Crippen LogP contribution in [0.25, 0.3) is 0 Å². The van der Waals surface area contributed by atoms with Crippen LogP contribution in [0.1, 0.15) is 59.7 Å². The number of nitrogens with zero attached hydrogens (tertiary/aromatic N) is 1. The van der Waals surface area contributed by atoms with E-state index >= 15 is 0 Å².